The van der Waals surface area contributed by atoms with E-state index in [0.29, 0.717) is 38.8 Å². The third-order valence-corrected chi connectivity index (χ3v) is 6.52. The van der Waals surface area contributed by atoms with Gasteiger partial charge in [-0.15, -0.1) is 0 Å². The minimum absolute atomic E-state index is 0.0577. The number of likely N-dealkylation sites (N-methyl/N-ethyl adjacent to an activating group) is 1. The van der Waals surface area contributed by atoms with Crippen molar-refractivity contribution in [1.29, 1.82) is 0 Å². The van der Waals surface area contributed by atoms with Crippen molar-refractivity contribution in [3.05, 3.63) is 65.0 Å². The van der Waals surface area contributed by atoms with E-state index < -0.39 is 18.4 Å². The number of halogens is 4. The van der Waals surface area contributed by atoms with E-state index in [1.54, 1.807) is 18.2 Å². The number of ether oxygens (including phenoxy) is 1. The Kier molecular flexibility index (Phi) is 8.06. The van der Waals surface area contributed by atoms with E-state index in [4.69, 9.17) is 4.74 Å². The number of nitrogens with zero attached hydrogens (tertiary/aromatic N) is 1. The van der Waals surface area contributed by atoms with E-state index >= 15 is 0 Å². The minimum atomic E-state index is -4.36. The van der Waals surface area contributed by atoms with Gasteiger partial charge in [0.15, 0.2) is 6.61 Å². The number of benzene rings is 2. The lowest BCUT2D eigenvalue weighted by molar-refractivity contribution is -0.153. The summed E-state index contributed by atoms with van der Waals surface area (Å²) in [6, 6.07) is 11.6. The Labute approximate surface area is 193 Å². The van der Waals surface area contributed by atoms with Crippen LogP contribution in [-0.4, -0.2) is 48.5 Å². The van der Waals surface area contributed by atoms with Crippen molar-refractivity contribution in [3.63, 3.8) is 0 Å². The summed E-state index contributed by atoms with van der Waals surface area (Å²) in [6.07, 6.45) is -1.86. The molecular formula is C26H33F4NO2. The molecule has 3 rings (SSSR count). The SMILES string of the molecule is CC(C)[C@H]1c2ccc(F)cc2CC[C@]1(O)CCN(C)CCc1cccc(OCC(F)(F)F)c1. The lowest BCUT2D eigenvalue weighted by atomic mass is 9.66. The average Bonchev–Trinajstić information content (AvgIpc) is 2.74. The minimum Gasteiger partial charge on any atom is -0.484 e. The van der Waals surface area contributed by atoms with Gasteiger partial charge in [0.1, 0.15) is 11.6 Å². The number of rotatable bonds is 9. The molecule has 0 saturated heterocycles. The zero-order valence-electron chi connectivity index (χ0n) is 19.5. The van der Waals surface area contributed by atoms with Crippen molar-refractivity contribution in [2.75, 3.05) is 26.7 Å². The Morgan fingerprint density at radius 2 is 1.91 bits per heavy atom. The summed E-state index contributed by atoms with van der Waals surface area (Å²) >= 11 is 0. The monoisotopic (exact) mass is 467 g/mol. The second kappa shape index (κ2) is 10.4. The van der Waals surface area contributed by atoms with Crippen LogP contribution in [0.5, 0.6) is 5.75 Å². The number of fused-ring (bicyclic) bond motifs is 1. The molecule has 2 aromatic rings. The maximum absolute atomic E-state index is 13.7. The van der Waals surface area contributed by atoms with E-state index in [2.05, 4.69) is 18.7 Å². The molecule has 0 aromatic heterocycles. The fraction of sp³-hybridized carbons (Fsp3) is 0.538. The predicted molar refractivity (Wildman–Crippen MR) is 121 cm³/mol. The molecule has 7 heteroatoms. The number of aryl methyl sites for hydroxylation is 1. The van der Waals surface area contributed by atoms with Crippen LogP contribution < -0.4 is 4.74 Å². The summed E-state index contributed by atoms with van der Waals surface area (Å²) in [7, 11) is 1.98. The van der Waals surface area contributed by atoms with Crippen molar-refractivity contribution in [3.8, 4) is 5.75 Å². The van der Waals surface area contributed by atoms with Crippen molar-refractivity contribution < 1.29 is 27.4 Å². The topological polar surface area (TPSA) is 32.7 Å². The van der Waals surface area contributed by atoms with Crippen LogP contribution in [0.4, 0.5) is 17.6 Å². The van der Waals surface area contributed by atoms with Gasteiger partial charge in [-0.3, -0.25) is 0 Å². The maximum atomic E-state index is 13.7. The summed E-state index contributed by atoms with van der Waals surface area (Å²) in [5, 5.41) is 11.6. The van der Waals surface area contributed by atoms with Crippen LogP contribution in [0.2, 0.25) is 0 Å². The molecule has 0 bridgehead atoms. The molecule has 33 heavy (non-hydrogen) atoms. The summed E-state index contributed by atoms with van der Waals surface area (Å²) in [5.41, 5.74) is 2.06. The van der Waals surface area contributed by atoms with Crippen LogP contribution in [0.3, 0.4) is 0 Å². The highest BCUT2D eigenvalue weighted by molar-refractivity contribution is 5.37. The molecule has 0 spiro atoms. The quantitative estimate of drug-likeness (QED) is 0.477. The normalized spacial score (nSPS) is 20.8. The third kappa shape index (κ3) is 6.93. The van der Waals surface area contributed by atoms with Crippen LogP contribution >= 0.6 is 0 Å². The first-order valence-electron chi connectivity index (χ1n) is 11.4. The molecule has 1 N–H and O–H groups in total. The first-order chi connectivity index (χ1) is 15.5. The summed E-state index contributed by atoms with van der Waals surface area (Å²) in [4.78, 5) is 2.12. The largest absolute Gasteiger partial charge is 0.484 e. The summed E-state index contributed by atoms with van der Waals surface area (Å²) in [6.45, 7) is 4.26. The molecule has 3 nitrogen and oxygen atoms in total. The Morgan fingerprint density at radius 1 is 1.15 bits per heavy atom. The molecule has 0 fully saturated rings. The van der Waals surface area contributed by atoms with Crippen LogP contribution in [0.15, 0.2) is 42.5 Å². The Bertz CT molecular complexity index is 931. The molecule has 1 aliphatic rings. The zero-order chi connectivity index (χ0) is 24.2. The Morgan fingerprint density at radius 3 is 2.61 bits per heavy atom. The van der Waals surface area contributed by atoms with Gasteiger partial charge in [-0.1, -0.05) is 32.0 Å². The fourth-order valence-corrected chi connectivity index (χ4v) is 4.92. The lowest BCUT2D eigenvalue weighted by Gasteiger charge is -2.44. The molecule has 1 aliphatic carbocycles. The predicted octanol–water partition coefficient (Wildman–Crippen LogP) is 5.75. The van der Waals surface area contributed by atoms with Crippen LogP contribution in [0.1, 0.15) is 49.3 Å². The smallest absolute Gasteiger partial charge is 0.422 e. The molecular weight excluding hydrogens is 434 g/mol. The van der Waals surface area contributed by atoms with Crippen molar-refractivity contribution in [2.24, 2.45) is 5.92 Å². The highest BCUT2D eigenvalue weighted by Gasteiger charge is 2.43. The maximum Gasteiger partial charge on any atom is 0.422 e. The number of hydrogen-bond donors (Lipinski definition) is 1. The first-order valence-corrected chi connectivity index (χ1v) is 11.4. The molecule has 0 amide bonds. The Balaban J connectivity index is 1.57. The molecule has 182 valence electrons. The van der Waals surface area contributed by atoms with Gasteiger partial charge >= 0.3 is 6.18 Å². The number of hydrogen-bond acceptors (Lipinski definition) is 3. The lowest BCUT2D eigenvalue weighted by Crippen LogP contribution is -2.45. The van der Waals surface area contributed by atoms with E-state index in [1.165, 1.54) is 12.1 Å². The van der Waals surface area contributed by atoms with Crippen LogP contribution in [0.25, 0.3) is 0 Å². The van der Waals surface area contributed by atoms with Gasteiger partial charge in [0.25, 0.3) is 0 Å². The third-order valence-electron chi connectivity index (χ3n) is 6.52. The van der Waals surface area contributed by atoms with E-state index in [1.807, 2.05) is 19.2 Å². The van der Waals surface area contributed by atoms with Crippen molar-refractivity contribution in [2.45, 2.75) is 57.2 Å². The summed E-state index contributed by atoms with van der Waals surface area (Å²) < 4.78 is 55.6. The molecule has 0 heterocycles. The van der Waals surface area contributed by atoms with Gasteiger partial charge in [-0.05, 0) is 79.6 Å². The Hall–Kier alpha value is -2.12. The van der Waals surface area contributed by atoms with Gasteiger partial charge in [-0.25, -0.2) is 4.39 Å². The van der Waals surface area contributed by atoms with Crippen LogP contribution in [-0.2, 0) is 12.8 Å². The summed E-state index contributed by atoms with van der Waals surface area (Å²) in [5.74, 6) is 0.121. The second-order valence-electron chi connectivity index (χ2n) is 9.52. The molecule has 2 aromatic carbocycles. The average molecular weight is 468 g/mol. The zero-order valence-corrected chi connectivity index (χ0v) is 19.5. The van der Waals surface area contributed by atoms with E-state index in [9.17, 15) is 22.7 Å². The van der Waals surface area contributed by atoms with E-state index in [-0.39, 0.29) is 23.4 Å². The molecule has 0 unspecified atom stereocenters. The van der Waals surface area contributed by atoms with Gasteiger partial charge in [0.05, 0.1) is 5.60 Å². The van der Waals surface area contributed by atoms with Crippen molar-refractivity contribution >= 4 is 0 Å². The van der Waals surface area contributed by atoms with Crippen LogP contribution in [0, 0.1) is 11.7 Å². The molecule has 0 radical (unpaired) electrons. The molecule has 0 aliphatic heterocycles. The van der Waals surface area contributed by atoms with Gasteiger partial charge < -0.3 is 14.7 Å². The number of aliphatic hydroxyl groups is 1. The highest BCUT2D eigenvalue weighted by atomic mass is 19.4. The molecule has 0 saturated carbocycles. The number of alkyl halides is 3. The molecule has 2 atom stereocenters. The fourth-order valence-electron chi connectivity index (χ4n) is 4.92. The first kappa shape index (κ1) is 25.5. The van der Waals surface area contributed by atoms with Gasteiger partial charge in [0.2, 0.25) is 0 Å². The van der Waals surface area contributed by atoms with Gasteiger partial charge in [0, 0.05) is 19.0 Å². The van der Waals surface area contributed by atoms with Crippen molar-refractivity contribution in [1.82, 2.24) is 4.90 Å². The van der Waals surface area contributed by atoms with Gasteiger partial charge in [-0.2, -0.15) is 13.2 Å². The highest BCUT2D eigenvalue weighted by Crippen LogP contribution is 2.45. The van der Waals surface area contributed by atoms with E-state index in [0.717, 1.165) is 16.7 Å². The standard InChI is InChI=1S/C26H33F4NO2/c1-18(2)24-23-8-7-21(27)16-20(23)9-11-25(24,32)12-14-31(3)13-10-19-5-4-6-22(15-19)33-17-26(28,29)30/h4-8,15-16,18,24,32H,9-14,17H2,1-3H3/t24-,25-/m0/s1. The second-order valence-corrected chi connectivity index (χ2v) is 9.52.